The van der Waals surface area contributed by atoms with Crippen LogP contribution >= 0.6 is 23.4 Å². The lowest BCUT2D eigenvalue weighted by Gasteiger charge is -2.12. The van der Waals surface area contributed by atoms with Crippen LogP contribution in [0.4, 0.5) is 0 Å². The van der Waals surface area contributed by atoms with Gasteiger partial charge in [0.1, 0.15) is 0 Å². The van der Waals surface area contributed by atoms with Crippen molar-refractivity contribution in [3.8, 4) is 22.9 Å². The SMILES string of the molecule is COCCCn1c(SCc2nc(-c3ccccc3Cl)no2)nc2cc3c(cc2c1=O)OCO3. The number of ether oxygens (including phenoxy) is 3. The molecular weight excluding hydrogens is 468 g/mol. The van der Waals surface area contributed by atoms with Crippen molar-refractivity contribution in [1.82, 2.24) is 19.7 Å². The van der Waals surface area contributed by atoms with Crippen molar-refractivity contribution in [1.29, 1.82) is 0 Å². The second-order valence-electron chi connectivity index (χ2n) is 7.20. The van der Waals surface area contributed by atoms with Gasteiger partial charge in [0.05, 0.1) is 21.7 Å². The molecule has 4 aromatic rings. The summed E-state index contributed by atoms with van der Waals surface area (Å²) in [6.45, 7) is 1.11. The molecule has 1 aliphatic rings. The van der Waals surface area contributed by atoms with Crippen LogP contribution < -0.4 is 15.0 Å². The smallest absolute Gasteiger partial charge is 0.262 e. The Morgan fingerprint density at radius 1 is 1.18 bits per heavy atom. The van der Waals surface area contributed by atoms with Gasteiger partial charge in [0.15, 0.2) is 16.7 Å². The van der Waals surface area contributed by atoms with Crippen molar-refractivity contribution in [2.24, 2.45) is 0 Å². The zero-order chi connectivity index (χ0) is 22.8. The molecule has 0 saturated carbocycles. The molecule has 0 N–H and O–H groups in total. The third-order valence-electron chi connectivity index (χ3n) is 5.05. The molecule has 3 heterocycles. The number of methoxy groups -OCH3 is 1. The van der Waals surface area contributed by atoms with Gasteiger partial charge in [-0.05, 0) is 24.6 Å². The second kappa shape index (κ2) is 9.42. The topological polar surface area (TPSA) is 102 Å². The maximum atomic E-state index is 13.3. The Morgan fingerprint density at radius 2 is 2.00 bits per heavy atom. The average molecular weight is 487 g/mol. The summed E-state index contributed by atoms with van der Waals surface area (Å²) in [6.07, 6.45) is 0.666. The van der Waals surface area contributed by atoms with E-state index in [4.69, 9.17) is 35.3 Å². The third-order valence-corrected chi connectivity index (χ3v) is 6.34. The highest BCUT2D eigenvalue weighted by Crippen LogP contribution is 2.35. The lowest BCUT2D eigenvalue weighted by atomic mass is 10.2. The minimum atomic E-state index is -0.154. The minimum absolute atomic E-state index is 0.125. The van der Waals surface area contributed by atoms with Gasteiger partial charge in [0, 0.05) is 31.9 Å². The van der Waals surface area contributed by atoms with Gasteiger partial charge in [0.2, 0.25) is 18.5 Å². The summed E-state index contributed by atoms with van der Waals surface area (Å²) in [6, 6.07) is 10.7. The average Bonchev–Trinajstić information content (AvgIpc) is 3.48. The van der Waals surface area contributed by atoms with E-state index < -0.39 is 0 Å². The molecule has 0 saturated heterocycles. The fourth-order valence-electron chi connectivity index (χ4n) is 3.46. The third kappa shape index (κ3) is 4.41. The van der Waals surface area contributed by atoms with E-state index in [1.807, 2.05) is 18.2 Å². The number of hydrogen-bond acceptors (Lipinski definition) is 9. The van der Waals surface area contributed by atoms with Crippen LogP contribution in [0, 0.1) is 0 Å². The normalized spacial score (nSPS) is 12.5. The van der Waals surface area contributed by atoms with Crippen molar-refractivity contribution in [2.45, 2.75) is 23.9 Å². The molecule has 0 amide bonds. The summed E-state index contributed by atoms with van der Waals surface area (Å²) in [5.74, 6) is 2.27. The van der Waals surface area contributed by atoms with E-state index in [0.29, 0.717) is 75.2 Å². The van der Waals surface area contributed by atoms with E-state index >= 15 is 0 Å². The summed E-state index contributed by atoms with van der Waals surface area (Å²) in [4.78, 5) is 22.5. The van der Waals surface area contributed by atoms with E-state index in [1.165, 1.54) is 11.8 Å². The van der Waals surface area contributed by atoms with Crippen LogP contribution in [0.3, 0.4) is 0 Å². The molecule has 2 aromatic heterocycles. The van der Waals surface area contributed by atoms with E-state index in [-0.39, 0.29) is 12.4 Å². The first-order valence-corrected chi connectivity index (χ1v) is 11.5. The molecule has 0 radical (unpaired) electrons. The molecule has 2 aromatic carbocycles. The van der Waals surface area contributed by atoms with Gasteiger partial charge in [0.25, 0.3) is 5.56 Å². The molecule has 0 unspecified atom stereocenters. The molecule has 170 valence electrons. The second-order valence-corrected chi connectivity index (χ2v) is 8.55. The van der Waals surface area contributed by atoms with Crippen LogP contribution in [0.25, 0.3) is 22.3 Å². The number of fused-ring (bicyclic) bond motifs is 2. The van der Waals surface area contributed by atoms with Crippen LogP contribution in [0.1, 0.15) is 12.3 Å². The van der Waals surface area contributed by atoms with Gasteiger partial charge in [-0.1, -0.05) is 40.7 Å². The molecule has 0 aliphatic carbocycles. The first kappa shape index (κ1) is 21.7. The molecule has 11 heteroatoms. The summed E-state index contributed by atoms with van der Waals surface area (Å²) in [5, 5.41) is 5.58. The molecule has 1 aliphatic heterocycles. The molecule has 5 rings (SSSR count). The number of rotatable bonds is 8. The zero-order valence-electron chi connectivity index (χ0n) is 17.6. The Kier molecular flexibility index (Phi) is 6.21. The maximum absolute atomic E-state index is 13.3. The minimum Gasteiger partial charge on any atom is -0.454 e. The molecule has 0 spiro atoms. The number of benzene rings is 2. The van der Waals surface area contributed by atoms with Gasteiger partial charge >= 0.3 is 0 Å². The van der Waals surface area contributed by atoms with E-state index in [9.17, 15) is 4.79 Å². The quantitative estimate of drug-likeness (QED) is 0.206. The Morgan fingerprint density at radius 3 is 2.82 bits per heavy atom. The van der Waals surface area contributed by atoms with Crippen LogP contribution in [0.2, 0.25) is 5.02 Å². The molecule has 9 nitrogen and oxygen atoms in total. The van der Waals surface area contributed by atoms with E-state index in [0.717, 1.165) is 0 Å². The first-order chi connectivity index (χ1) is 16.1. The Balaban J connectivity index is 1.45. The number of nitrogens with zero attached hydrogens (tertiary/aromatic N) is 4. The van der Waals surface area contributed by atoms with Crippen LogP contribution in [-0.4, -0.2) is 40.2 Å². The van der Waals surface area contributed by atoms with E-state index in [2.05, 4.69) is 10.1 Å². The number of aromatic nitrogens is 4. The monoisotopic (exact) mass is 486 g/mol. The maximum Gasteiger partial charge on any atom is 0.262 e. The number of halogens is 1. The largest absolute Gasteiger partial charge is 0.454 e. The number of thioether (sulfide) groups is 1. The summed E-state index contributed by atoms with van der Waals surface area (Å²) in [5.41, 5.74) is 1.08. The Bertz CT molecular complexity index is 1370. The van der Waals surface area contributed by atoms with Crippen molar-refractivity contribution in [3.63, 3.8) is 0 Å². The van der Waals surface area contributed by atoms with Gasteiger partial charge < -0.3 is 18.7 Å². The Labute approximate surface area is 197 Å². The highest BCUT2D eigenvalue weighted by Gasteiger charge is 2.20. The van der Waals surface area contributed by atoms with Gasteiger partial charge in [-0.15, -0.1) is 0 Å². The molecule has 33 heavy (non-hydrogen) atoms. The lowest BCUT2D eigenvalue weighted by molar-refractivity contribution is 0.174. The van der Waals surface area contributed by atoms with Crippen molar-refractivity contribution < 1.29 is 18.7 Å². The fraction of sp³-hybridized carbons (Fsp3) is 0.273. The molecule has 0 bridgehead atoms. The fourth-order valence-corrected chi connectivity index (χ4v) is 4.54. The highest BCUT2D eigenvalue weighted by molar-refractivity contribution is 7.98. The van der Waals surface area contributed by atoms with Crippen LogP contribution in [0.15, 0.2) is 50.9 Å². The molecular formula is C22H19ClN4O5S. The standard InChI is InChI=1S/C22H19ClN4O5S/c1-29-8-4-7-27-21(28)14-9-17-18(31-12-30-17)10-16(14)24-22(27)33-11-19-25-20(26-32-19)13-5-2-3-6-15(13)23/h2-3,5-6,9-10H,4,7-8,11-12H2,1H3. The number of hydrogen-bond donors (Lipinski definition) is 0. The van der Waals surface area contributed by atoms with Gasteiger partial charge in [-0.2, -0.15) is 4.98 Å². The van der Waals surface area contributed by atoms with Gasteiger partial charge in [-0.3, -0.25) is 9.36 Å². The Hall–Kier alpha value is -3.08. The molecule has 0 fully saturated rings. The van der Waals surface area contributed by atoms with Crippen molar-refractivity contribution in [2.75, 3.05) is 20.5 Å². The summed E-state index contributed by atoms with van der Waals surface area (Å²) >= 11 is 7.57. The predicted molar refractivity (Wildman–Crippen MR) is 123 cm³/mol. The predicted octanol–water partition coefficient (Wildman–Crippen LogP) is 4.16. The first-order valence-electron chi connectivity index (χ1n) is 10.2. The van der Waals surface area contributed by atoms with Crippen LogP contribution in [0.5, 0.6) is 11.5 Å². The highest BCUT2D eigenvalue weighted by atomic mass is 35.5. The van der Waals surface area contributed by atoms with Gasteiger partial charge in [-0.25, -0.2) is 4.98 Å². The van der Waals surface area contributed by atoms with Crippen LogP contribution in [-0.2, 0) is 17.0 Å². The van der Waals surface area contributed by atoms with Crippen molar-refractivity contribution >= 4 is 34.3 Å². The molecule has 0 atom stereocenters. The zero-order valence-corrected chi connectivity index (χ0v) is 19.2. The summed E-state index contributed by atoms with van der Waals surface area (Å²) in [7, 11) is 1.63. The van der Waals surface area contributed by atoms with Crippen molar-refractivity contribution in [3.05, 3.63) is 57.7 Å². The van der Waals surface area contributed by atoms with E-state index in [1.54, 1.807) is 29.9 Å². The summed E-state index contributed by atoms with van der Waals surface area (Å²) < 4.78 is 23.1. The lowest BCUT2D eigenvalue weighted by Crippen LogP contribution is -2.24.